The van der Waals surface area contributed by atoms with E-state index in [1.54, 1.807) is 0 Å². The first-order chi connectivity index (χ1) is 7.64. The lowest BCUT2D eigenvalue weighted by atomic mass is 10.2. The third kappa shape index (κ3) is 3.79. The molecule has 1 atom stereocenters. The van der Waals surface area contributed by atoms with Crippen LogP contribution in [0.4, 0.5) is 0 Å². The van der Waals surface area contributed by atoms with Crippen LogP contribution >= 0.6 is 7.92 Å². The fraction of sp³-hybridized carbons (Fsp3) is 0.600. The molecule has 0 bridgehead atoms. The molecule has 96 valence electrons. The Bertz CT molecular complexity index is 331. The van der Waals surface area contributed by atoms with Crippen LogP contribution in [0, 0.1) is 0 Å². The minimum Gasteiger partial charge on any atom is -0.384 e. The number of rotatable bonds is 2. The molecule has 0 aliphatic heterocycles. The van der Waals surface area contributed by atoms with Crippen LogP contribution in [0.3, 0.4) is 0 Å². The Morgan fingerprint density at radius 3 is 1.65 bits per heavy atom. The van der Waals surface area contributed by atoms with E-state index in [1.165, 1.54) is 0 Å². The molecule has 0 radical (unpaired) electrons. The standard InChI is InChI=1S/C15H25OP/c1-14(2,3)17(15(4,5)6)13(16)12-10-8-7-9-11-12/h7-11,13,16H,1-6H3. The molecule has 2 heteroatoms. The zero-order chi connectivity index (χ0) is 13.3. The first-order valence-corrected chi connectivity index (χ1v) is 7.57. The van der Waals surface area contributed by atoms with E-state index in [9.17, 15) is 5.11 Å². The summed E-state index contributed by atoms with van der Waals surface area (Å²) in [4.78, 5) is 0. The maximum absolute atomic E-state index is 10.7. The van der Waals surface area contributed by atoms with Gasteiger partial charge in [0.1, 0.15) is 0 Å². The highest BCUT2D eigenvalue weighted by Crippen LogP contribution is 2.66. The average molecular weight is 252 g/mol. The van der Waals surface area contributed by atoms with E-state index in [0.717, 1.165) is 5.56 Å². The number of hydrogen-bond acceptors (Lipinski definition) is 1. The topological polar surface area (TPSA) is 20.2 Å². The highest BCUT2D eigenvalue weighted by Gasteiger charge is 2.39. The van der Waals surface area contributed by atoms with Gasteiger partial charge < -0.3 is 5.11 Å². The van der Waals surface area contributed by atoms with E-state index in [1.807, 2.05) is 30.3 Å². The summed E-state index contributed by atoms with van der Waals surface area (Å²) in [7, 11) is -0.525. The van der Waals surface area contributed by atoms with Gasteiger partial charge in [-0.05, 0) is 15.9 Å². The van der Waals surface area contributed by atoms with E-state index < -0.39 is 7.92 Å². The number of benzene rings is 1. The lowest BCUT2D eigenvalue weighted by molar-refractivity contribution is 0.257. The van der Waals surface area contributed by atoms with E-state index in [4.69, 9.17) is 0 Å². The summed E-state index contributed by atoms with van der Waals surface area (Å²) in [6, 6.07) is 10.0. The molecule has 1 unspecified atom stereocenters. The number of aliphatic hydroxyl groups is 1. The molecule has 0 saturated carbocycles. The molecule has 0 spiro atoms. The molecule has 0 aliphatic rings. The van der Waals surface area contributed by atoms with Crippen LogP contribution in [0.5, 0.6) is 0 Å². The molecule has 0 amide bonds. The van der Waals surface area contributed by atoms with Gasteiger partial charge in [-0.1, -0.05) is 79.8 Å². The Morgan fingerprint density at radius 1 is 0.882 bits per heavy atom. The predicted octanol–water partition coefficient (Wildman–Crippen LogP) is 4.76. The van der Waals surface area contributed by atoms with Gasteiger partial charge in [0.25, 0.3) is 0 Å². The van der Waals surface area contributed by atoms with Crippen molar-refractivity contribution in [3.8, 4) is 0 Å². The van der Waals surface area contributed by atoms with Gasteiger partial charge in [0, 0.05) is 0 Å². The molecule has 0 aromatic heterocycles. The van der Waals surface area contributed by atoms with Crippen LogP contribution in [-0.2, 0) is 0 Å². The second-order valence-electron chi connectivity index (χ2n) is 6.50. The van der Waals surface area contributed by atoms with Crippen molar-refractivity contribution in [1.29, 1.82) is 0 Å². The van der Waals surface area contributed by atoms with Crippen molar-refractivity contribution in [2.45, 2.75) is 57.7 Å². The van der Waals surface area contributed by atoms with Crippen molar-refractivity contribution < 1.29 is 5.11 Å². The maximum atomic E-state index is 10.7. The Kier molecular flexibility index (Phi) is 4.38. The molecule has 1 rings (SSSR count). The largest absolute Gasteiger partial charge is 0.384 e. The fourth-order valence-corrected chi connectivity index (χ4v) is 6.46. The van der Waals surface area contributed by atoms with Crippen molar-refractivity contribution in [3.63, 3.8) is 0 Å². The van der Waals surface area contributed by atoms with Gasteiger partial charge >= 0.3 is 0 Å². The molecule has 1 N–H and O–H groups in total. The van der Waals surface area contributed by atoms with Crippen LogP contribution in [0.1, 0.15) is 53.0 Å². The summed E-state index contributed by atoms with van der Waals surface area (Å²) in [5, 5.41) is 11.0. The molecule has 1 aromatic carbocycles. The van der Waals surface area contributed by atoms with E-state index in [0.29, 0.717) is 0 Å². The van der Waals surface area contributed by atoms with Gasteiger partial charge in [0.15, 0.2) is 0 Å². The molecule has 17 heavy (non-hydrogen) atoms. The van der Waals surface area contributed by atoms with E-state index in [2.05, 4.69) is 41.5 Å². The minimum absolute atomic E-state index is 0.142. The van der Waals surface area contributed by atoms with Gasteiger partial charge in [0.05, 0.1) is 5.85 Å². The van der Waals surface area contributed by atoms with Gasteiger partial charge in [-0.2, -0.15) is 0 Å². The third-order valence-electron chi connectivity index (χ3n) is 2.79. The van der Waals surface area contributed by atoms with Gasteiger partial charge in [-0.25, -0.2) is 0 Å². The summed E-state index contributed by atoms with van der Waals surface area (Å²) in [6.45, 7) is 13.4. The lowest BCUT2D eigenvalue weighted by Gasteiger charge is -2.44. The fourth-order valence-electron chi connectivity index (χ4n) is 2.51. The Morgan fingerprint density at radius 2 is 1.29 bits per heavy atom. The van der Waals surface area contributed by atoms with Gasteiger partial charge in [-0.3, -0.25) is 0 Å². The normalized spacial score (nSPS) is 15.1. The zero-order valence-electron chi connectivity index (χ0n) is 11.9. The Balaban J connectivity index is 3.09. The first kappa shape index (κ1) is 14.7. The SMILES string of the molecule is CC(C)(C)P(C(O)c1ccccc1)C(C)(C)C. The zero-order valence-corrected chi connectivity index (χ0v) is 12.8. The van der Waals surface area contributed by atoms with Crippen LogP contribution in [-0.4, -0.2) is 15.4 Å². The van der Waals surface area contributed by atoms with Crippen LogP contribution in [0.2, 0.25) is 0 Å². The van der Waals surface area contributed by atoms with Crippen LogP contribution in [0.25, 0.3) is 0 Å². The second kappa shape index (κ2) is 5.08. The summed E-state index contributed by atoms with van der Waals surface area (Å²) in [5.41, 5.74) is 1.04. The van der Waals surface area contributed by atoms with Crippen LogP contribution in [0.15, 0.2) is 30.3 Å². The third-order valence-corrected chi connectivity index (χ3v) is 6.47. The van der Waals surface area contributed by atoms with E-state index >= 15 is 0 Å². The molecule has 0 heterocycles. The van der Waals surface area contributed by atoms with Crippen molar-refractivity contribution >= 4 is 7.92 Å². The highest BCUT2D eigenvalue weighted by molar-refractivity contribution is 7.61. The smallest absolute Gasteiger partial charge is 0.0988 e. The number of aliphatic hydroxyl groups excluding tert-OH is 1. The molecule has 0 saturated heterocycles. The Hall–Kier alpha value is -0.390. The molecule has 0 aliphatic carbocycles. The molecular weight excluding hydrogens is 227 g/mol. The minimum atomic E-state index is -0.525. The first-order valence-electron chi connectivity index (χ1n) is 6.16. The summed E-state index contributed by atoms with van der Waals surface area (Å²) in [5.74, 6) is -0.341. The summed E-state index contributed by atoms with van der Waals surface area (Å²) in [6.07, 6.45) is 0. The molecule has 1 nitrogen and oxygen atoms in total. The molecular formula is C15H25OP. The highest BCUT2D eigenvalue weighted by atomic mass is 31.1. The monoisotopic (exact) mass is 252 g/mol. The number of hydrogen-bond donors (Lipinski definition) is 1. The molecule has 1 aromatic rings. The predicted molar refractivity (Wildman–Crippen MR) is 77.8 cm³/mol. The van der Waals surface area contributed by atoms with Crippen molar-refractivity contribution in [2.75, 3.05) is 0 Å². The van der Waals surface area contributed by atoms with Crippen molar-refractivity contribution in [3.05, 3.63) is 35.9 Å². The Labute approximate surface area is 107 Å². The quantitative estimate of drug-likeness (QED) is 0.753. The lowest BCUT2D eigenvalue weighted by Crippen LogP contribution is -2.28. The van der Waals surface area contributed by atoms with E-state index in [-0.39, 0.29) is 16.2 Å². The average Bonchev–Trinajstić information content (AvgIpc) is 2.14. The van der Waals surface area contributed by atoms with Gasteiger partial charge in [0.2, 0.25) is 0 Å². The second-order valence-corrected chi connectivity index (χ2v) is 10.4. The maximum Gasteiger partial charge on any atom is 0.0988 e. The summed E-state index contributed by atoms with van der Waals surface area (Å²) < 4.78 is 0. The van der Waals surface area contributed by atoms with Crippen molar-refractivity contribution in [2.24, 2.45) is 0 Å². The molecule has 0 fully saturated rings. The summed E-state index contributed by atoms with van der Waals surface area (Å²) >= 11 is 0. The van der Waals surface area contributed by atoms with Crippen molar-refractivity contribution in [1.82, 2.24) is 0 Å². The van der Waals surface area contributed by atoms with Crippen LogP contribution < -0.4 is 0 Å². The van der Waals surface area contributed by atoms with Gasteiger partial charge in [-0.15, -0.1) is 0 Å².